The number of amides is 1. The van der Waals surface area contributed by atoms with Gasteiger partial charge >= 0.3 is 6.09 Å². The molecule has 102 valence electrons. The first-order chi connectivity index (χ1) is 9.79. The first kappa shape index (κ1) is 13.0. The maximum absolute atomic E-state index is 11.7. The summed E-state index contributed by atoms with van der Waals surface area (Å²) >= 11 is 5.53. The lowest BCUT2D eigenvalue weighted by Crippen LogP contribution is -2.28. The van der Waals surface area contributed by atoms with E-state index in [0.29, 0.717) is 18.2 Å². The molecule has 3 rings (SSSR count). The Kier molecular flexibility index (Phi) is 3.61. The molecule has 1 aliphatic carbocycles. The molecule has 0 saturated heterocycles. The van der Waals surface area contributed by atoms with Crippen LogP contribution in [0.4, 0.5) is 4.79 Å². The minimum atomic E-state index is -0.463. The van der Waals surface area contributed by atoms with Crippen LogP contribution < -0.4 is 10.1 Å². The van der Waals surface area contributed by atoms with Crippen LogP contribution in [-0.4, -0.2) is 18.5 Å². The summed E-state index contributed by atoms with van der Waals surface area (Å²) in [7, 11) is 0. The molecule has 0 aromatic heterocycles. The Bertz CT molecular complexity index is 655. The molecule has 0 aliphatic heterocycles. The summed E-state index contributed by atoms with van der Waals surface area (Å²) in [5.74, 6) is 0.985. The van der Waals surface area contributed by atoms with Crippen molar-refractivity contribution in [1.82, 2.24) is 5.32 Å². The molecule has 0 spiro atoms. The molecule has 4 heteroatoms. The highest BCUT2D eigenvalue weighted by molar-refractivity contribution is 6.18. The number of rotatable bonds is 3. The lowest BCUT2D eigenvalue weighted by Gasteiger charge is -2.09. The molecular formula is C16H14ClNO2. The van der Waals surface area contributed by atoms with Crippen LogP contribution in [0.15, 0.2) is 42.5 Å². The van der Waals surface area contributed by atoms with Gasteiger partial charge in [-0.1, -0.05) is 36.4 Å². The molecule has 0 saturated carbocycles. The number of ether oxygens (including phenoxy) is 1. The van der Waals surface area contributed by atoms with Gasteiger partial charge in [0.2, 0.25) is 0 Å². The van der Waals surface area contributed by atoms with Gasteiger partial charge in [0.15, 0.2) is 0 Å². The summed E-state index contributed by atoms with van der Waals surface area (Å²) in [6.45, 7) is 0.398. The van der Waals surface area contributed by atoms with Gasteiger partial charge in [-0.3, -0.25) is 0 Å². The third kappa shape index (κ3) is 2.37. The van der Waals surface area contributed by atoms with Gasteiger partial charge in [0.25, 0.3) is 0 Å². The summed E-state index contributed by atoms with van der Waals surface area (Å²) in [6, 6.07) is 14.0. The Labute approximate surface area is 122 Å². The quantitative estimate of drug-likeness (QED) is 0.748. The fraction of sp³-hybridized carbons (Fsp3) is 0.188. The van der Waals surface area contributed by atoms with E-state index in [1.807, 2.05) is 24.3 Å². The van der Waals surface area contributed by atoms with E-state index in [2.05, 4.69) is 23.5 Å². The van der Waals surface area contributed by atoms with Crippen LogP contribution >= 0.6 is 11.6 Å². The largest absolute Gasteiger partial charge is 0.412 e. The van der Waals surface area contributed by atoms with E-state index >= 15 is 0 Å². The molecule has 2 aromatic rings. The van der Waals surface area contributed by atoms with Gasteiger partial charge in [-0.2, -0.15) is 0 Å². The highest BCUT2D eigenvalue weighted by Crippen LogP contribution is 2.40. The highest BCUT2D eigenvalue weighted by atomic mass is 35.5. The van der Waals surface area contributed by atoms with Gasteiger partial charge in [0, 0.05) is 24.4 Å². The second-order valence-electron chi connectivity index (χ2n) is 4.62. The molecule has 0 radical (unpaired) electrons. The Morgan fingerprint density at radius 3 is 2.80 bits per heavy atom. The van der Waals surface area contributed by atoms with Crippen LogP contribution in [0.25, 0.3) is 11.1 Å². The van der Waals surface area contributed by atoms with Gasteiger partial charge in [-0.25, -0.2) is 4.79 Å². The van der Waals surface area contributed by atoms with Crippen molar-refractivity contribution in [2.24, 2.45) is 0 Å². The zero-order valence-corrected chi connectivity index (χ0v) is 11.6. The van der Waals surface area contributed by atoms with Crippen molar-refractivity contribution in [2.45, 2.75) is 6.42 Å². The minimum absolute atomic E-state index is 0.368. The Morgan fingerprint density at radius 2 is 1.95 bits per heavy atom. The van der Waals surface area contributed by atoms with Crippen LogP contribution in [0.3, 0.4) is 0 Å². The van der Waals surface area contributed by atoms with E-state index in [1.165, 1.54) is 11.1 Å². The summed E-state index contributed by atoms with van der Waals surface area (Å²) < 4.78 is 5.38. The number of carbonyl (C=O) groups excluding carboxylic acids is 1. The monoisotopic (exact) mass is 287 g/mol. The molecular weight excluding hydrogens is 274 g/mol. The van der Waals surface area contributed by atoms with Crippen molar-refractivity contribution < 1.29 is 9.53 Å². The first-order valence-corrected chi connectivity index (χ1v) is 7.05. The predicted molar refractivity (Wildman–Crippen MR) is 79.4 cm³/mol. The number of alkyl halides is 1. The van der Waals surface area contributed by atoms with Crippen molar-refractivity contribution in [3.63, 3.8) is 0 Å². The average Bonchev–Trinajstić information content (AvgIpc) is 2.85. The molecule has 3 nitrogen and oxygen atoms in total. The minimum Gasteiger partial charge on any atom is -0.410 e. The lowest BCUT2D eigenvalue weighted by atomic mass is 10.1. The third-order valence-corrected chi connectivity index (χ3v) is 3.56. The molecule has 20 heavy (non-hydrogen) atoms. The Morgan fingerprint density at radius 1 is 1.15 bits per heavy atom. The number of hydrogen-bond acceptors (Lipinski definition) is 2. The zero-order valence-electron chi connectivity index (χ0n) is 10.9. The molecule has 0 bridgehead atoms. The molecule has 0 unspecified atom stereocenters. The Balaban J connectivity index is 1.88. The van der Waals surface area contributed by atoms with Gasteiger partial charge in [-0.05, 0) is 22.8 Å². The second kappa shape index (κ2) is 5.55. The predicted octanol–water partition coefficient (Wildman–Crippen LogP) is 3.59. The van der Waals surface area contributed by atoms with Crippen LogP contribution in [-0.2, 0) is 6.42 Å². The topological polar surface area (TPSA) is 38.3 Å². The number of halogens is 1. The maximum Gasteiger partial charge on any atom is 0.412 e. The van der Waals surface area contributed by atoms with Crippen molar-refractivity contribution in [2.75, 3.05) is 12.4 Å². The number of nitrogens with one attached hydrogen (secondary N) is 1. The molecule has 0 atom stereocenters. The molecule has 1 aliphatic rings. The summed E-state index contributed by atoms with van der Waals surface area (Å²) in [4.78, 5) is 11.7. The van der Waals surface area contributed by atoms with Gasteiger partial charge in [0.05, 0.1) is 0 Å². The zero-order chi connectivity index (χ0) is 13.9. The maximum atomic E-state index is 11.7. The molecule has 1 amide bonds. The smallest absolute Gasteiger partial charge is 0.410 e. The number of benzene rings is 2. The van der Waals surface area contributed by atoms with Crippen molar-refractivity contribution in [1.29, 1.82) is 0 Å². The fourth-order valence-electron chi connectivity index (χ4n) is 2.51. The van der Waals surface area contributed by atoms with Crippen LogP contribution in [0.1, 0.15) is 11.1 Å². The summed E-state index contributed by atoms with van der Waals surface area (Å²) in [5, 5.41) is 2.60. The van der Waals surface area contributed by atoms with E-state index in [-0.39, 0.29) is 0 Å². The summed E-state index contributed by atoms with van der Waals surface area (Å²) in [6.07, 6.45) is 0.333. The van der Waals surface area contributed by atoms with Gasteiger partial charge in [0.1, 0.15) is 5.75 Å². The second-order valence-corrected chi connectivity index (χ2v) is 5.00. The SMILES string of the molecule is O=C(NCCCl)Oc1cccc2c1Cc1ccccc1-2. The van der Waals surface area contributed by atoms with E-state index in [0.717, 1.165) is 17.5 Å². The van der Waals surface area contributed by atoms with Crippen LogP contribution in [0, 0.1) is 0 Å². The molecule has 2 aromatic carbocycles. The van der Waals surface area contributed by atoms with E-state index in [9.17, 15) is 4.79 Å². The third-order valence-electron chi connectivity index (χ3n) is 3.37. The van der Waals surface area contributed by atoms with Crippen molar-refractivity contribution in [3.05, 3.63) is 53.6 Å². The average molecular weight is 288 g/mol. The van der Waals surface area contributed by atoms with Crippen molar-refractivity contribution in [3.8, 4) is 16.9 Å². The number of hydrogen-bond donors (Lipinski definition) is 1. The Hall–Kier alpha value is -2.00. The van der Waals surface area contributed by atoms with Crippen LogP contribution in [0.2, 0.25) is 0 Å². The summed E-state index contributed by atoms with van der Waals surface area (Å²) in [5.41, 5.74) is 4.69. The highest BCUT2D eigenvalue weighted by Gasteiger charge is 2.22. The molecule has 0 fully saturated rings. The van der Waals surface area contributed by atoms with E-state index in [1.54, 1.807) is 0 Å². The van der Waals surface area contributed by atoms with Gasteiger partial charge < -0.3 is 10.1 Å². The van der Waals surface area contributed by atoms with E-state index in [4.69, 9.17) is 16.3 Å². The first-order valence-electron chi connectivity index (χ1n) is 6.51. The molecule has 1 N–H and O–H groups in total. The fourth-order valence-corrected chi connectivity index (χ4v) is 2.60. The normalized spacial score (nSPS) is 11.7. The number of fused-ring (bicyclic) bond motifs is 3. The standard InChI is InChI=1S/C16H14ClNO2/c17-8-9-18-16(19)20-15-7-3-6-13-12-5-2-1-4-11(12)10-14(13)15/h1-7H,8-10H2,(H,18,19). The van der Waals surface area contributed by atoms with E-state index < -0.39 is 6.09 Å². The lowest BCUT2D eigenvalue weighted by molar-refractivity contribution is 0.201. The van der Waals surface area contributed by atoms with Crippen LogP contribution in [0.5, 0.6) is 5.75 Å². The molecule has 0 heterocycles. The number of carbonyl (C=O) groups is 1. The van der Waals surface area contributed by atoms with Gasteiger partial charge in [-0.15, -0.1) is 11.6 Å². The van der Waals surface area contributed by atoms with Crippen molar-refractivity contribution >= 4 is 17.7 Å².